The summed E-state index contributed by atoms with van der Waals surface area (Å²) in [6.07, 6.45) is 3.83. The smallest absolute Gasteiger partial charge is 0.271 e. The summed E-state index contributed by atoms with van der Waals surface area (Å²) in [6.45, 7) is 2.73. The lowest BCUT2D eigenvalue weighted by molar-refractivity contribution is 0.0930. The van der Waals surface area contributed by atoms with Gasteiger partial charge in [0.1, 0.15) is 5.56 Å². The maximum absolute atomic E-state index is 12.8. The van der Waals surface area contributed by atoms with E-state index in [4.69, 9.17) is 0 Å². The fourth-order valence-electron chi connectivity index (χ4n) is 2.78. The molecule has 0 fully saturated rings. The maximum Gasteiger partial charge on any atom is 0.271 e. The highest BCUT2D eigenvalue weighted by atomic mass is 32.1. The van der Waals surface area contributed by atoms with E-state index in [9.17, 15) is 9.59 Å². The zero-order valence-electron chi connectivity index (χ0n) is 15.1. The van der Waals surface area contributed by atoms with Crippen molar-refractivity contribution in [2.24, 2.45) is 0 Å². The number of aryl methyl sites for hydroxylation is 1. The van der Waals surface area contributed by atoms with E-state index in [-0.39, 0.29) is 17.2 Å². The Morgan fingerprint density at radius 1 is 1.31 bits per heavy atom. The summed E-state index contributed by atoms with van der Waals surface area (Å²) in [4.78, 5) is 33.3. The molecule has 136 valence electrons. The number of amides is 1. The predicted octanol–water partition coefficient (Wildman–Crippen LogP) is 2.49. The van der Waals surface area contributed by atoms with Gasteiger partial charge in [0.05, 0.1) is 6.04 Å². The molecule has 1 aromatic carbocycles. The van der Waals surface area contributed by atoms with Crippen molar-refractivity contribution in [3.63, 3.8) is 0 Å². The van der Waals surface area contributed by atoms with Crippen molar-refractivity contribution in [3.05, 3.63) is 69.1 Å². The van der Waals surface area contributed by atoms with Crippen LogP contribution in [0.4, 0.5) is 0 Å². The highest BCUT2D eigenvalue weighted by molar-refractivity contribution is 7.16. The SMILES string of the molecule is Cc1cn2c(=O)c(C(=O)N[C@H](CCN(C)C)c3ccccc3)cnc2s1. The Hall–Kier alpha value is -2.51. The van der Waals surface area contributed by atoms with E-state index in [1.165, 1.54) is 21.9 Å². The van der Waals surface area contributed by atoms with E-state index in [2.05, 4.69) is 15.2 Å². The van der Waals surface area contributed by atoms with Crippen LogP contribution >= 0.6 is 11.3 Å². The van der Waals surface area contributed by atoms with Gasteiger partial charge in [-0.15, -0.1) is 11.3 Å². The Bertz CT molecular complexity index is 963. The fraction of sp³-hybridized carbons (Fsp3) is 0.316. The summed E-state index contributed by atoms with van der Waals surface area (Å²) in [7, 11) is 3.99. The number of aromatic nitrogens is 2. The summed E-state index contributed by atoms with van der Waals surface area (Å²) in [5.41, 5.74) is 0.741. The highest BCUT2D eigenvalue weighted by Crippen LogP contribution is 2.18. The average Bonchev–Trinajstić information content (AvgIpc) is 3.00. The second kappa shape index (κ2) is 7.80. The van der Waals surface area contributed by atoms with Gasteiger partial charge in [0.15, 0.2) is 4.96 Å². The van der Waals surface area contributed by atoms with Crippen LogP contribution < -0.4 is 10.9 Å². The van der Waals surface area contributed by atoms with Crippen molar-refractivity contribution in [1.82, 2.24) is 19.6 Å². The molecule has 1 N–H and O–H groups in total. The summed E-state index contributed by atoms with van der Waals surface area (Å²) in [5, 5.41) is 3.00. The Balaban J connectivity index is 1.87. The number of fused-ring (bicyclic) bond motifs is 1. The summed E-state index contributed by atoms with van der Waals surface area (Å²) < 4.78 is 1.44. The molecule has 0 aliphatic rings. The van der Waals surface area contributed by atoms with Crippen LogP contribution in [-0.2, 0) is 0 Å². The number of benzene rings is 1. The minimum atomic E-state index is -0.395. The summed E-state index contributed by atoms with van der Waals surface area (Å²) >= 11 is 1.42. The molecule has 0 saturated heterocycles. The van der Waals surface area contributed by atoms with Crippen molar-refractivity contribution in [2.45, 2.75) is 19.4 Å². The van der Waals surface area contributed by atoms with Crippen molar-refractivity contribution in [2.75, 3.05) is 20.6 Å². The summed E-state index contributed by atoms with van der Waals surface area (Å²) in [5.74, 6) is -0.395. The van der Waals surface area contributed by atoms with E-state index in [1.807, 2.05) is 51.4 Å². The molecule has 1 atom stereocenters. The van der Waals surface area contributed by atoms with Crippen LogP contribution in [0.2, 0.25) is 0 Å². The first kappa shape index (κ1) is 18.3. The van der Waals surface area contributed by atoms with Gasteiger partial charge in [-0.25, -0.2) is 4.98 Å². The van der Waals surface area contributed by atoms with Crippen LogP contribution in [0.3, 0.4) is 0 Å². The van der Waals surface area contributed by atoms with Gasteiger partial charge >= 0.3 is 0 Å². The third-order valence-corrected chi connectivity index (χ3v) is 5.05. The Morgan fingerprint density at radius 3 is 2.73 bits per heavy atom. The summed E-state index contributed by atoms with van der Waals surface area (Å²) in [6, 6.07) is 9.63. The number of rotatable bonds is 6. The third-order valence-electron chi connectivity index (χ3n) is 4.14. The molecule has 0 unspecified atom stereocenters. The Morgan fingerprint density at radius 2 is 2.04 bits per heavy atom. The number of hydrogen-bond donors (Lipinski definition) is 1. The quantitative estimate of drug-likeness (QED) is 0.724. The van der Waals surface area contributed by atoms with Crippen molar-refractivity contribution in [3.8, 4) is 0 Å². The molecule has 6 nitrogen and oxygen atoms in total. The molecule has 26 heavy (non-hydrogen) atoms. The first-order valence-corrected chi connectivity index (χ1v) is 9.25. The monoisotopic (exact) mass is 370 g/mol. The van der Waals surface area contributed by atoms with Crippen LogP contribution in [0.25, 0.3) is 4.96 Å². The number of thiazole rings is 1. The lowest BCUT2D eigenvalue weighted by Crippen LogP contribution is -2.35. The van der Waals surface area contributed by atoms with Crippen LogP contribution in [0, 0.1) is 6.92 Å². The zero-order valence-corrected chi connectivity index (χ0v) is 15.9. The van der Waals surface area contributed by atoms with Gasteiger partial charge in [-0.2, -0.15) is 0 Å². The van der Waals surface area contributed by atoms with Crippen LogP contribution in [-0.4, -0.2) is 40.8 Å². The van der Waals surface area contributed by atoms with E-state index in [0.717, 1.165) is 23.4 Å². The van der Waals surface area contributed by atoms with Gasteiger partial charge in [-0.05, 0) is 39.5 Å². The molecule has 3 rings (SSSR count). The Kier molecular flexibility index (Phi) is 5.49. The van der Waals surface area contributed by atoms with E-state index in [1.54, 1.807) is 6.20 Å². The number of carbonyl (C=O) groups excluding carboxylic acids is 1. The second-order valence-electron chi connectivity index (χ2n) is 6.50. The van der Waals surface area contributed by atoms with Crippen LogP contribution in [0.5, 0.6) is 0 Å². The van der Waals surface area contributed by atoms with Gasteiger partial charge in [-0.1, -0.05) is 30.3 Å². The molecule has 0 aliphatic heterocycles. The molecule has 0 radical (unpaired) electrons. The molecule has 2 aromatic heterocycles. The van der Waals surface area contributed by atoms with E-state index >= 15 is 0 Å². The maximum atomic E-state index is 12.8. The molecule has 0 saturated carbocycles. The van der Waals surface area contributed by atoms with Gasteiger partial charge in [0, 0.05) is 17.3 Å². The van der Waals surface area contributed by atoms with Crippen LogP contribution in [0.15, 0.2) is 47.5 Å². The normalized spacial score (nSPS) is 12.5. The molecule has 2 heterocycles. The number of carbonyl (C=O) groups is 1. The van der Waals surface area contributed by atoms with E-state index < -0.39 is 5.91 Å². The molecule has 0 spiro atoms. The minimum Gasteiger partial charge on any atom is -0.345 e. The van der Waals surface area contributed by atoms with Gasteiger partial charge in [0.25, 0.3) is 11.5 Å². The fourth-order valence-corrected chi connectivity index (χ4v) is 3.57. The number of nitrogens with one attached hydrogen (secondary N) is 1. The van der Waals surface area contributed by atoms with Gasteiger partial charge in [-0.3, -0.25) is 14.0 Å². The van der Waals surface area contributed by atoms with Crippen molar-refractivity contribution < 1.29 is 4.79 Å². The zero-order chi connectivity index (χ0) is 18.7. The molecular formula is C19H22N4O2S. The van der Waals surface area contributed by atoms with Crippen molar-refractivity contribution >= 4 is 22.2 Å². The molecule has 1 amide bonds. The number of nitrogens with zero attached hydrogens (tertiary/aromatic N) is 3. The minimum absolute atomic E-state index is 0.0612. The van der Waals surface area contributed by atoms with Crippen LogP contribution in [0.1, 0.15) is 33.3 Å². The molecule has 0 bridgehead atoms. The van der Waals surface area contributed by atoms with Crippen molar-refractivity contribution in [1.29, 1.82) is 0 Å². The largest absolute Gasteiger partial charge is 0.345 e. The molecule has 7 heteroatoms. The number of hydrogen-bond acceptors (Lipinski definition) is 5. The van der Waals surface area contributed by atoms with Gasteiger partial charge < -0.3 is 10.2 Å². The topological polar surface area (TPSA) is 66.7 Å². The first-order valence-electron chi connectivity index (χ1n) is 8.44. The lowest BCUT2D eigenvalue weighted by Gasteiger charge is -2.21. The molecule has 0 aliphatic carbocycles. The highest BCUT2D eigenvalue weighted by Gasteiger charge is 2.19. The van der Waals surface area contributed by atoms with E-state index in [0.29, 0.717) is 4.96 Å². The second-order valence-corrected chi connectivity index (χ2v) is 7.71. The third kappa shape index (κ3) is 4.00. The average molecular weight is 370 g/mol. The first-order chi connectivity index (χ1) is 12.5. The lowest BCUT2D eigenvalue weighted by atomic mass is 10.0. The molecule has 3 aromatic rings. The van der Waals surface area contributed by atoms with Gasteiger partial charge in [0.2, 0.25) is 0 Å². The molecular weight excluding hydrogens is 348 g/mol. The standard InChI is InChI=1S/C19H22N4O2S/c1-13-12-23-18(25)15(11-20-19(23)26-13)17(24)21-16(9-10-22(2)3)14-7-5-4-6-8-14/h4-8,11-12,16H,9-10H2,1-3H3,(H,21,24)/t16-/m1/s1. The Labute approximate surface area is 156 Å². The predicted molar refractivity (Wildman–Crippen MR) is 104 cm³/mol.